The summed E-state index contributed by atoms with van der Waals surface area (Å²) in [6.45, 7) is -0.113. The van der Waals surface area contributed by atoms with E-state index in [1.807, 2.05) is 4.90 Å². The van der Waals surface area contributed by atoms with Gasteiger partial charge < -0.3 is 4.90 Å². The zero-order valence-electron chi connectivity index (χ0n) is 19.7. The minimum atomic E-state index is -4.61. The fourth-order valence-electron chi connectivity index (χ4n) is 5.71. The summed E-state index contributed by atoms with van der Waals surface area (Å²) in [7, 11) is 0. The van der Waals surface area contributed by atoms with Crippen molar-refractivity contribution in [2.45, 2.75) is 69.8 Å². The number of carbonyl (C=O) groups excluding carboxylic acids is 1. The predicted octanol–water partition coefficient (Wildman–Crippen LogP) is 4.87. The van der Waals surface area contributed by atoms with E-state index in [1.54, 1.807) is 4.90 Å². The van der Waals surface area contributed by atoms with Crippen LogP contribution in [0.2, 0.25) is 0 Å². The number of alkyl halides is 5. The van der Waals surface area contributed by atoms with Crippen molar-refractivity contribution >= 4 is 5.91 Å². The second-order valence-electron chi connectivity index (χ2n) is 10.3. The molecule has 2 aliphatic heterocycles. The highest BCUT2D eigenvalue weighted by Gasteiger charge is 2.47. The highest BCUT2D eigenvalue weighted by Crippen LogP contribution is 2.38. The van der Waals surface area contributed by atoms with Crippen LogP contribution in [-0.2, 0) is 30.5 Å². The molecule has 0 atom stereocenters. The molecule has 5 rings (SSSR count). The van der Waals surface area contributed by atoms with Gasteiger partial charge >= 0.3 is 6.18 Å². The summed E-state index contributed by atoms with van der Waals surface area (Å²) in [5, 5.41) is 3.84. The van der Waals surface area contributed by atoms with Crippen LogP contribution in [0.4, 0.5) is 26.3 Å². The Hall–Kier alpha value is -2.56. The molecule has 1 amide bonds. The lowest BCUT2D eigenvalue weighted by Gasteiger charge is -2.46. The number of carbonyl (C=O) groups is 1. The Morgan fingerprint density at radius 2 is 1.72 bits per heavy atom. The molecule has 2 aromatic rings. The molecule has 0 bridgehead atoms. The van der Waals surface area contributed by atoms with Crippen molar-refractivity contribution in [3.05, 3.63) is 52.6 Å². The van der Waals surface area contributed by atoms with E-state index in [9.17, 15) is 31.1 Å². The quantitative estimate of drug-likeness (QED) is 0.535. The van der Waals surface area contributed by atoms with E-state index in [1.165, 1.54) is 28.9 Å². The largest absolute Gasteiger partial charge is 0.435 e. The lowest BCUT2D eigenvalue weighted by Crippen LogP contribution is -2.60. The maximum Gasteiger partial charge on any atom is 0.435 e. The van der Waals surface area contributed by atoms with Crippen molar-refractivity contribution in [1.29, 1.82) is 0 Å². The maximum atomic E-state index is 13.7. The summed E-state index contributed by atoms with van der Waals surface area (Å²) < 4.78 is 81.8. The monoisotopic (exact) mass is 514 g/mol. The standard InChI is InChI=1S/C25H28F6N4O/c26-18-5-1-17(2-6-18)12-35-21-13-33(10-9-20(21)23(32-35)25(29,30)31)22(36)11-16-3-7-19(8-4-16)34-14-24(27,28)15-34/h1-2,5-6,16,19H,3-4,7-15H2. The molecule has 3 heterocycles. The number of hydrogen-bond donors (Lipinski definition) is 0. The first-order chi connectivity index (χ1) is 17.0. The highest BCUT2D eigenvalue weighted by atomic mass is 19.4. The van der Waals surface area contributed by atoms with E-state index in [2.05, 4.69) is 5.10 Å². The van der Waals surface area contributed by atoms with E-state index in [0.717, 1.165) is 25.7 Å². The molecule has 1 aromatic heterocycles. The van der Waals surface area contributed by atoms with Gasteiger partial charge in [-0.15, -0.1) is 0 Å². The minimum Gasteiger partial charge on any atom is -0.336 e. The van der Waals surface area contributed by atoms with Crippen LogP contribution in [0.5, 0.6) is 0 Å². The summed E-state index contributed by atoms with van der Waals surface area (Å²) in [4.78, 5) is 16.5. The first-order valence-electron chi connectivity index (χ1n) is 12.3. The molecular formula is C25H28F6N4O. The summed E-state index contributed by atoms with van der Waals surface area (Å²) in [6, 6.07) is 5.62. The average molecular weight is 515 g/mol. The topological polar surface area (TPSA) is 41.4 Å². The van der Waals surface area contributed by atoms with Gasteiger partial charge in [0.15, 0.2) is 5.69 Å². The number of nitrogens with zero attached hydrogens (tertiary/aromatic N) is 4. The molecule has 1 aliphatic carbocycles. The maximum absolute atomic E-state index is 13.7. The second kappa shape index (κ2) is 9.39. The molecule has 0 unspecified atom stereocenters. The van der Waals surface area contributed by atoms with Crippen molar-refractivity contribution in [1.82, 2.24) is 19.6 Å². The van der Waals surface area contributed by atoms with Crippen LogP contribution in [-0.4, -0.2) is 57.1 Å². The molecule has 5 nitrogen and oxygen atoms in total. The SMILES string of the molecule is O=C(CC1CCC(N2CC(F)(F)C2)CC1)N1CCc2c(C(F)(F)F)nn(Cc3ccc(F)cc3)c2C1. The van der Waals surface area contributed by atoms with Gasteiger partial charge in [-0.1, -0.05) is 12.1 Å². The lowest BCUT2D eigenvalue weighted by atomic mass is 9.82. The highest BCUT2D eigenvalue weighted by molar-refractivity contribution is 5.76. The number of hydrogen-bond acceptors (Lipinski definition) is 3. The number of benzene rings is 1. The fraction of sp³-hybridized carbons (Fsp3) is 0.600. The molecule has 1 saturated carbocycles. The number of likely N-dealkylation sites (tertiary alicyclic amines) is 1. The molecule has 2 fully saturated rings. The molecule has 0 N–H and O–H groups in total. The third-order valence-electron chi connectivity index (χ3n) is 7.67. The van der Waals surface area contributed by atoms with Crippen LogP contribution in [0, 0.1) is 11.7 Å². The Kier molecular flexibility index (Phi) is 6.55. The molecule has 0 spiro atoms. The molecule has 1 saturated heterocycles. The fourth-order valence-corrected chi connectivity index (χ4v) is 5.71. The third kappa shape index (κ3) is 5.26. The normalized spacial score (nSPS) is 24.3. The number of amides is 1. The average Bonchev–Trinajstić information content (AvgIpc) is 3.17. The Morgan fingerprint density at radius 1 is 1.06 bits per heavy atom. The van der Waals surface area contributed by atoms with Gasteiger partial charge in [0.25, 0.3) is 5.92 Å². The molecule has 196 valence electrons. The molecule has 3 aliphatic rings. The molecule has 1 aromatic carbocycles. The summed E-state index contributed by atoms with van der Waals surface area (Å²) in [5.74, 6) is -2.99. The summed E-state index contributed by atoms with van der Waals surface area (Å²) in [5.41, 5.74) is 0.145. The number of rotatable bonds is 5. The Balaban J connectivity index is 1.23. The third-order valence-corrected chi connectivity index (χ3v) is 7.67. The van der Waals surface area contributed by atoms with Gasteiger partial charge in [-0.2, -0.15) is 18.3 Å². The zero-order chi connectivity index (χ0) is 25.7. The van der Waals surface area contributed by atoms with Crippen LogP contribution < -0.4 is 0 Å². The van der Waals surface area contributed by atoms with Crippen molar-refractivity contribution in [3.63, 3.8) is 0 Å². The Labute approximate surface area is 205 Å². The molecule has 11 heteroatoms. The van der Waals surface area contributed by atoms with Crippen LogP contribution in [0.1, 0.15) is 54.6 Å². The van der Waals surface area contributed by atoms with E-state index < -0.39 is 23.6 Å². The van der Waals surface area contributed by atoms with Gasteiger partial charge in [0.2, 0.25) is 5.91 Å². The van der Waals surface area contributed by atoms with Crippen molar-refractivity contribution < 1.29 is 31.1 Å². The van der Waals surface area contributed by atoms with E-state index in [4.69, 9.17) is 0 Å². The van der Waals surface area contributed by atoms with E-state index in [-0.39, 0.29) is 62.6 Å². The number of halogens is 6. The van der Waals surface area contributed by atoms with E-state index >= 15 is 0 Å². The van der Waals surface area contributed by atoms with Crippen molar-refractivity contribution in [2.75, 3.05) is 19.6 Å². The van der Waals surface area contributed by atoms with Crippen molar-refractivity contribution in [3.8, 4) is 0 Å². The van der Waals surface area contributed by atoms with Gasteiger partial charge in [-0.25, -0.2) is 13.2 Å². The predicted molar refractivity (Wildman–Crippen MR) is 119 cm³/mol. The van der Waals surface area contributed by atoms with Gasteiger partial charge in [-0.05, 0) is 55.7 Å². The van der Waals surface area contributed by atoms with Gasteiger partial charge in [0, 0.05) is 24.6 Å². The van der Waals surface area contributed by atoms with Gasteiger partial charge in [-0.3, -0.25) is 14.4 Å². The summed E-state index contributed by atoms with van der Waals surface area (Å²) in [6.07, 6.45) is -1.14. The van der Waals surface area contributed by atoms with Crippen LogP contribution in [0.25, 0.3) is 0 Å². The summed E-state index contributed by atoms with van der Waals surface area (Å²) >= 11 is 0. The number of aromatic nitrogens is 2. The zero-order valence-corrected chi connectivity index (χ0v) is 19.7. The smallest absolute Gasteiger partial charge is 0.336 e. The van der Waals surface area contributed by atoms with Crippen LogP contribution in [0.3, 0.4) is 0 Å². The van der Waals surface area contributed by atoms with Crippen LogP contribution >= 0.6 is 0 Å². The minimum absolute atomic E-state index is 0.0383. The second-order valence-corrected chi connectivity index (χ2v) is 10.3. The lowest BCUT2D eigenvalue weighted by molar-refractivity contribution is -0.151. The van der Waals surface area contributed by atoms with Gasteiger partial charge in [0.1, 0.15) is 5.82 Å². The first-order valence-corrected chi connectivity index (χ1v) is 12.3. The molecule has 0 radical (unpaired) electrons. The first kappa shape index (κ1) is 25.1. The Morgan fingerprint density at radius 3 is 2.33 bits per heavy atom. The molecular weight excluding hydrogens is 486 g/mol. The van der Waals surface area contributed by atoms with Gasteiger partial charge in [0.05, 0.1) is 31.9 Å². The van der Waals surface area contributed by atoms with Crippen LogP contribution in [0.15, 0.2) is 24.3 Å². The Bertz CT molecular complexity index is 1100. The molecule has 36 heavy (non-hydrogen) atoms. The van der Waals surface area contributed by atoms with Crippen molar-refractivity contribution in [2.24, 2.45) is 5.92 Å². The number of fused-ring (bicyclic) bond motifs is 1. The van der Waals surface area contributed by atoms with E-state index in [0.29, 0.717) is 17.7 Å².